The highest BCUT2D eigenvalue weighted by Crippen LogP contribution is 2.36. The molecular weight excluding hydrogens is 392 g/mol. The van der Waals surface area contributed by atoms with Gasteiger partial charge in [-0.05, 0) is 37.1 Å². The molecule has 1 aliphatic heterocycles. The van der Waals surface area contributed by atoms with E-state index in [0.717, 1.165) is 4.90 Å². The fraction of sp³-hybridized carbons (Fsp3) is 0.227. The second-order valence-electron chi connectivity index (χ2n) is 7.00. The number of allylic oxidation sites excluding steroid dienone is 2. The first kappa shape index (κ1) is 19.2. The number of rotatable bonds is 5. The van der Waals surface area contributed by atoms with Gasteiger partial charge in [-0.3, -0.25) is 19.3 Å². The van der Waals surface area contributed by atoms with E-state index in [-0.39, 0.29) is 30.2 Å². The van der Waals surface area contributed by atoms with Crippen molar-refractivity contribution in [3.05, 3.63) is 65.7 Å². The van der Waals surface area contributed by atoms with Gasteiger partial charge < -0.3 is 10.1 Å². The molecule has 29 heavy (non-hydrogen) atoms. The van der Waals surface area contributed by atoms with Crippen molar-refractivity contribution < 1.29 is 19.1 Å². The molecule has 1 N–H and O–H groups in total. The minimum atomic E-state index is -0.464. The maximum atomic E-state index is 12.6. The first-order valence-electron chi connectivity index (χ1n) is 9.36. The topological polar surface area (TPSA) is 75.7 Å². The van der Waals surface area contributed by atoms with E-state index in [0.29, 0.717) is 35.1 Å². The molecule has 1 saturated heterocycles. The van der Waals surface area contributed by atoms with Crippen molar-refractivity contribution in [2.45, 2.75) is 12.8 Å². The van der Waals surface area contributed by atoms with E-state index >= 15 is 0 Å². The molecule has 7 heteroatoms. The highest BCUT2D eigenvalue weighted by molar-refractivity contribution is 6.32. The summed E-state index contributed by atoms with van der Waals surface area (Å²) in [5.74, 6) is -0.857. The Kier molecular flexibility index (Phi) is 5.36. The molecule has 4 rings (SSSR count). The highest BCUT2D eigenvalue weighted by atomic mass is 35.5. The summed E-state index contributed by atoms with van der Waals surface area (Å²) < 4.78 is 5.83. The number of hydrogen-bond donors (Lipinski definition) is 1. The first-order valence-corrected chi connectivity index (χ1v) is 9.74. The van der Waals surface area contributed by atoms with Gasteiger partial charge in [-0.2, -0.15) is 0 Å². The van der Waals surface area contributed by atoms with Crippen LogP contribution in [0.4, 0.5) is 5.69 Å². The highest BCUT2D eigenvalue weighted by Gasteiger charge is 2.47. The maximum absolute atomic E-state index is 12.6. The summed E-state index contributed by atoms with van der Waals surface area (Å²) in [6.45, 7) is -0.314. The fourth-order valence-corrected chi connectivity index (χ4v) is 3.84. The molecule has 3 amide bonds. The number of anilines is 1. The smallest absolute Gasteiger partial charge is 0.244 e. The summed E-state index contributed by atoms with van der Waals surface area (Å²) in [5, 5.41) is 3.17. The van der Waals surface area contributed by atoms with Gasteiger partial charge in [0.2, 0.25) is 17.7 Å². The lowest BCUT2D eigenvalue weighted by Gasteiger charge is -2.16. The maximum Gasteiger partial charge on any atom is 0.244 e. The van der Waals surface area contributed by atoms with Crippen LogP contribution in [0.3, 0.4) is 0 Å². The number of fused-ring (bicyclic) bond motifs is 1. The van der Waals surface area contributed by atoms with E-state index in [4.69, 9.17) is 16.3 Å². The van der Waals surface area contributed by atoms with Crippen LogP contribution < -0.4 is 10.1 Å². The van der Waals surface area contributed by atoms with Gasteiger partial charge in [0, 0.05) is 0 Å². The molecule has 1 fully saturated rings. The van der Waals surface area contributed by atoms with Crippen molar-refractivity contribution in [3.63, 3.8) is 0 Å². The number of carbonyl (C=O) groups is 3. The Morgan fingerprint density at radius 1 is 0.966 bits per heavy atom. The third kappa shape index (κ3) is 3.89. The SMILES string of the molecule is O=C(CN1C(=O)[C@H]2CC=CC[C@H]2C1=O)Nc1ccccc1Oc1ccccc1Cl. The minimum absolute atomic E-state index is 0.278. The van der Waals surface area contributed by atoms with E-state index in [9.17, 15) is 14.4 Å². The Labute approximate surface area is 173 Å². The number of ether oxygens (including phenoxy) is 1. The third-order valence-corrected chi connectivity index (χ3v) is 5.43. The second kappa shape index (κ2) is 8.09. The summed E-state index contributed by atoms with van der Waals surface area (Å²) in [6.07, 6.45) is 4.92. The van der Waals surface area contributed by atoms with Crippen LogP contribution in [0.15, 0.2) is 60.7 Å². The molecule has 0 saturated carbocycles. The number of imide groups is 1. The Hall–Kier alpha value is -3.12. The van der Waals surface area contributed by atoms with Gasteiger partial charge in [-0.15, -0.1) is 0 Å². The molecule has 0 spiro atoms. The first-order chi connectivity index (χ1) is 14.0. The summed E-state index contributed by atoms with van der Waals surface area (Å²) >= 11 is 6.14. The van der Waals surface area contributed by atoms with Crippen molar-refractivity contribution in [2.24, 2.45) is 11.8 Å². The van der Waals surface area contributed by atoms with Gasteiger partial charge in [0.1, 0.15) is 12.3 Å². The van der Waals surface area contributed by atoms with Crippen LogP contribution in [-0.4, -0.2) is 29.2 Å². The van der Waals surface area contributed by atoms with E-state index in [1.54, 1.807) is 48.5 Å². The molecule has 0 bridgehead atoms. The lowest BCUT2D eigenvalue weighted by molar-refractivity contribution is -0.142. The monoisotopic (exact) mass is 410 g/mol. The molecule has 2 aromatic carbocycles. The molecule has 0 radical (unpaired) electrons. The molecule has 6 nitrogen and oxygen atoms in total. The number of nitrogens with one attached hydrogen (secondary N) is 1. The van der Waals surface area contributed by atoms with Gasteiger partial charge in [-0.25, -0.2) is 0 Å². The van der Waals surface area contributed by atoms with Crippen LogP contribution >= 0.6 is 11.6 Å². The number of amides is 3. The molecule has 148 valence electrons. The number of carbonyl (C=O) groups excluding carboxylic acids is 3. The van der Waals surface area contributed by atoms with Crippen molar-refractivity contribution in [3.8, 4) is 11.5 Å². The van der Waals surface area contributed by atoms with E-state index in [1.807, 2.05) is 12.2 Å². The van der Waals surface area contributed by atoms with E-state index < -0.39 is 5.91 Å². The van der Waals surface area contributed by atoms with E-state index in [1.165, 1.54) is 0 Å². The van der Waals surface area contributed by atoms with E-state index in [2.05, 4.69) is 5.32 Å². The van der Waals surface area contributed by atoms with Crippen molar-refractivity contribution >= 4 is 35.0 Å². The van der Waals surface area contributed by atoms with Gasteiger partial charge in [0.25, 0.3) is 0 Å². The van der Waals surface area contributed by atoms with Gasteiger partial charge in [0.05, 0.1) is 22.5 Å². The summed E-state index contributed by atoms with van der Waals surface area (Å²) in [5.41, 5.74) is 0.426. The van der Waals surface area contributed by atoms with Crippen LogP contribution in [0.1, 0.15) is 12.8 Å². The summed E-state index contributed by atoms with van der Waals surface area (Å²) in [7, 11) is 0. The normalized spacial score (nSPS) is 20.5. The van der Waals surface area contributed by atoms with Crippen LogP contribution in [-0.2, 0) is 14.4 Å². The quantitative estimate of drug-likeness (QED) is 0.596. The Morgan fingerprint density at radius 3 is 2.21 bits per heavy atom. The molecule has 0 unspecified atom stereocenters. The minimum Gasteiger partial charge on any atom is -0.454 e. The fourth-order valence-electron chi connectivity index (χ4n) is 3.66. The van der Waals surface area contributed by atoms with Gasteiger partial charge in [0.15, 0.2) is 5.75 Å². The van der Waals surface area contributed by atoms with Crippen molar-refractivity contribution in [1.29, 1.82) is 0 Å². The van der Waals surface area contributed by atoms with Crippen LogP contribution in [0, 0.1) is 11.8 Å². The average molecular weight is 411 g/mol. The van der Waals surface area contributed by atoms with Crippen LogP contribution in [0.2, 0.25) is 5.02 Å². The van der Waals surface area contributed by atoms with Gasteiger partial charge >= 0.3 is 0 Å². The Balaban J connectivity index is 1.46. The second-order valence-corrected chi connectivity index (χ2v) is 7.40. The zero-order chi connectivity index (χ0) is 20.4. The van der Waals surface area contributed by atoms with Crippen molar-refractivity contribution in [1.82, 2.24) is 4.90 Å². The Bertz CT molecular complexity index is 978. The number of hydrogen-bond acceptors (Lipinski definition) is 4. The number of para-hydroxylation sites is 3. The number of halogens is 1. The lowest BCUT2D eigenvalue weighted by atomic mass is 9.85. The zero-order valence-electron chi connectivity index (χ0n) is 15.5. The lowest BCUT2D eigenvalue weighted by Crippen LogP contribution is -2.38. The summed E-state index contributed by atoms with van der Waals surface area (Å²) in [4.78, 5) is 38.7. The molecule has 1 heterocycles. The predicted molar refractivity (Wildman–Crippen MR) is 109 cm³/mol. The summed E-state index contributed by atoms with van der Waals surface area (Å²) in [6, 6.07) is 13.9. The van der Waals surface area contributed by atoms with Gasteiger partial charge in [-0.1, -0.05) is 48.0 Å². The molecule has 2 aliphatic rings. The van der Waals surface area contributed by atoms with Crippen LogP contribution in [0.5, 0.6) is 11.5 Å². The molecule has 0 aromatic heterocycles. The number of likely N-dealkylation sites (tertiary alicyclic amines) is 1. The molecular formula is C22H19ClN2O4. The number of nitrogens with zero attached hydrogens (tertiary/aromatic N) is 1. The Morgan fingerprint density at radius 2 is 1.55 bits per heavy atom. The molecule has 2 aromatic rings. The number of benzene rings is 2. The zero-order valence-corrected chi connectivity index (χ0v) is 16.3. The third-order valence-electron chi connectivity index (χ3n) is 5.12. The van der Waals surface area contributed by atoms with Crippen LogP contribution in [0.25, 0.3) is 0 Å². The molecule has 1 aliphatic carbocycles. The predicted octanol–water partition coefficient (Wildman–Crippen LogP) is 4.02. The average Bonchev–Trinajstić information content (AvgIpc) is 2.96. The van der Waals surface area contributed by atoms with Crippen molar-refractivity contribution in [2.75, 3.05) is 11.9 Å². The standard InChI is InChI=1S/C22H19ClN2O4/c23-16-9-3-5-11-18(16)29-19-12-6-4-10-17(19)24-20(26)13-25-21(27)14-7-1-2-8-15(14)22(25)28/h1-6,9-12,14-15H,7-8,13H2,(H,24,26)/t14-,15+. The largest absolute Gasteiger partial charge is 0.454 e. The molecule has 2 atom stereocenters.